The molecule has 0 saturated carbocycles. The summed E-state index contributed by atoms with van der Waals surface area (Å²) in [7, 11) is 1.62. The van der Waals surface area contributed by atoms with Crippen molar-refractivity contribution in [3.8, 4) is 17.3 Å². The van der Waals surface area contributed by atoms with Crippen LogP contribution in [0.25, 0.3) is 27.4 Å². The molecule has 1 aliphatic heterocycles. The van der Waals surface area contributed by atoms with Gasteiger partial charge in [-0.3, -0.25) is 9.78 Å². The Morgan fingerprint density at radius 2 is 1.82 bits per heavy atom. The van der Waals surface area contributed by atoms with E-state index in [1.165, 1.54) is 4.57 Å². The van der Waals surface area contributed by atoms with Gasteiger partial charge in [-0.15, -0.1) is 0 Å². The van der Waals surface area contributed by atoms with Crippen molar-refractivity contribution in [2.24, 2.45) is 0 Å². The third-order valence-electron chi connectivity index (χ3n) is 6.58. The predicted molar refractivity (Wildman–Crippen MR) is 130 cm³/mol. The lowest BCUT2D eigenvalue weighted by Crippen LogP contribution is -2.38. The highest BCUT2D eigenvalue weighted by molar-refractivity contribution is 5.90. The van der Waals surface area contributed by atoms with E-state index in [9.17, 15) is 14.7 Å². The number of hydrogen-bond donors (Lipinski definition) is 4. The molecule has 1 atom stereocenters. The maximum absolute atomic E-state index is 13.0. The molecule has 0 fully saturated rings. The summed E-state index contributed by atoms with van der Waals surface area (Å²) in [4.78, 5) is 31.7. The first kappa shape index (κ1) is 20.3. The SMILES string of the molecule is COc1ccc2[nH]c3c(c2c1)CCN[C@@H]3c1c(O)n(-c2cccc3ccccc23)c(=O)[nH]c1=O. The largest absolute Gasteiger partial charge is 0.497 e. The van der Waals surface area contributed by atoms with Gasteiger partial charge in [0.25, 0.3) is 5.56 Å². The van der Waals surface area contributed by atoms with E-state index in [0.717, 1.165) is 45.1 Å². The maximum atomic E-state index is 13.0. The van der Waals surface area contributed by atoms with Crippen LogP contribution >= 0.6 is 0 Å². The second-order valence-electron chi connectivity index (χ2n) is 8.40. The van der Waals surface area contributed by atoms with Crippen molar-refractivity contribution in [3.05, 3.63) is 98.3 Å². The van der Waals surface area contributed by atoms with E-state index in [4.69, 9.17) is 4.74 Å². The molecule has 0 amide bonds. The molecule has 3 aromatic carbocycles. The Labute approximate surface area is 193 Å². The number of benzene rings is 3. The van der Waals surface area contributed by atoms with Gasteiger partial charge in [-0.05, 0) is 41.6 Å². The number of methoxy groups -OCH3 is 1. The van der Waals surface area contributed by atoms with Crippen molar-refractivity contribution in [1.82, 2.24) is 19.9 Å². The highest BCUT2D eigenvalue weighted by Crippen LogP contribution is 2.37. The minimum absolute atomic E-state index is 0.0898. The fourth-order valence-corrected chi connectivity index (χ4v) is 5.01. The zero-order chi connectivity index (χ0) is 23.4. The third-order valence-corrected chi connectivity index (χ3v) is 6.58. The highest BCUT2D eigenvalue weighted by atomic mass is 16.5. The average Bonchev–Trinajstić information content (AvgIpc) is 3.22. The van der Waals surface area contributed by atoms with Gasteiger partial charge < -0.3 is 20.1 Å². The van der Waals surface area contributed by atoms with E-state index in [1.54, 1.807) is 13.2 Å². The molecule has 0 radical (unpaired) electrons. The van der Waals surface area contributed by atoms with E-state index in [0.29, 0.717) is 12.2 Å². The molecule has 34 heavy (non-hydrogen) atoms. The fraction of sp³-hybridized carbons (Fsp3) is 0.154. The van der Waals surface area contributed by atoms with Crippen LogP contribution in [0.5, 0.6) is 11.6 Å². The van der Waals surface area contributed by atoms with Crippen LogP contribution in [0.1, 0.15) is 22.9 Å². The number of H-pyrrole nitrogens is 2. The summed E-state index contributed by atoms with van der Waals surface area (Å²) >= 11 is 0. The molecule has 4 N–H and O–H groups in total. The first-order chi connectivity index (χ1) is 16.6. The van der Waals surface area contributed by atoms with Gasteiger partial charge in [-0.1, -0.05) is 36.4 Å². The monoisotopic (exact) mass is 454 g/mol. The van der Waals surface area contributed by atoms with Gasteiger partial charge in [0.2, 0.25) is 5.88 Å². The highest BCUT2D eigenvalue weighted by Gasteiger charge is 2.31. The van der Waals surface area contributed by atoms with Crippen molar-refractivity contribution in [1.29, 1.82) is 0 Å². The minimum Gasteiger partial charge on any atom is -0.497 e. The van der Waals surface area contributed by atoms with Gasteiger partial charge >= 0.3 is 5.69 Å². The lowest BCUT2D eigenvalue weighted by Gasteiger charge is -2.25. The summed E-state index contributed by atoms with van der Waals surface area (Å²) in [6.07, 6.45) is 0.751. The van der Waals surface area contributed by atoms with Crippen LogP contribution in [0.2, 0.25) is 0 Å². The molecule has 8 nitrogen and oxygen atoms in total. The van der Waals surface area contributed by atoms with Crippen molar-refractivity contribution in [3.63, 3.8) is 0 Å². The zero-order valence-corrected chi connectivity index (χ0v) is 18.4. The van der Waals surface area contributed by atoms with Gasteiger partial charge in [0.15, 0.2) is 0 Å². The van der Waals surface area contributed by atoms with Gasteiger partial charge in [-0.2, -0.15) is 0 Å². The number of aromatic amines is 2. The predicted octanol–water partition coefficient (Wildman–Crippen LogP) is 3.11. The van der Waals surface area contributed by atoms with E-state index in [1.807, 2.05) is 54.6 Å². The van der Waals surface area contributed by atoms with Gasteiger partial charge in [0.1, 0.15) is 11.3 Å². The molecular weight excluding hydrogens is 432 g/mol. The van der Waals surface area contributed by atoms with E-state index in [2.05, 4.69) is 15.3 Å². The summed E-state index contributed by atoms with van der Waals surface area (Å²) in [5, 5.41) is 17.4. The summed E-state index contributed by atoms with van der Waals surface area (Å²) in [5.74, 6) is 0.362. The van der Waals surface area contributed by atoms with Gasteiger partial charge in [0.05, 0.1) is 18.8 Å². The van der Waals surface area contributed by atoms with E-state index >= 15 is 0 Å². The summed E-state index contributed by atoms with van der Waals surface area (Å²) in [6.45, 7) is 0.605. The maximum Gasteiger partial charge on any atom is 0.335 e. The Kier molecular flexibility index (Phi) is 4.56. The molecule has 6 rings (SSSR count). The molecule has 1 aliphatic rings. The van der Waals surface area contributed by atoms with Crippen LogP contribution in [-0.2, 0) is 6.42 Å². The van der Waals surface area contributed by atoms with Crippen molar-refractivity contribution >= 4 is 21.7 Å². The Bertz CT molecular complexity index is 1690. The summed E-state index contributed by atoms with van der Waals surface area (Å²) < 4.78 is 6.55. The number of nitrogens with zero attached hydrogens (tertiary/aromatic N) is 1. The van der Waals surface area contributed by atoms with Crippen LogP contribution in [0.15, 0.2) is 70.3 Å². The molecule has 3 heterocycles. The van der Waals surface area contributed by atoms with Crippen LogP contribution in [0.3, 0.4) is 0 Å². The number of rotatable bonds is 3. The second-order valence-corrected chi connectivity index (χ2v) is 8.40. The first-order valence-corrected chi connectivity index (χ1v) is 11.0. The number of aromatic hydroxyl groups is 1. The smallest absolute Gasteiger partial charge is 0.335 e. The molecule has 0 bridgehead atoms. The molecule has 0 unspecified atom stereocenters. The van der Waals surface area contributed by atoms with Gasteiger partial charge in [-0.25, -0.2) is 9.36 Å². The molecule has 8 heteroatoms. The van der Waals surface area contributed by atoms with Crippen LogP contribution < -0.4 is 21.3 Å². The lowest BCUT2D eigenvalue weighted by molar-refractivity contribution is 0.410. The fourth-order valence-electron chi connectivity index (χ4n) is 5.01. The zero-order valence-electron chi connectivity index (χ0n) is 18.4. The topological polar surface area (TPSA) is 112 Å². The normalized spacial score (nSPS) is 15.5. The molecule has 2 aromatic heterocycles. The number of nitrogens with one attached hydrogen (secondary N) is 3. The quantitative estimate of drug-likeness (QED) is 0.335. The summed E-state index contributed by atoms with van der Waals surface area (Å²) in [6, 6.07) is 18.2. The number of hydrogen-bond acceptors (Lipinski definition) is 5. The van der Waals surface area contributed by atoms with Crippen LogP contribution in [0.4, 0.5) is 0 Å². The number of aromatic nitrogens is 3. The second kappa shape index (κ2) is 7.64. The Hall–Kier alpha value is -4.30. The molecule has 0 spiro atoms. The molecule has 0 saturated heterocycles. The Balaban J connectivity index is 1.59. The molecule has 5 aromatic rings. The Morgan fingerprint density at radius 3 is 2.68 bits per heavy atom. The van der Waals surface area contributed by atoms with Crippen LogP contribution in [-0.4, -0.2) is 33.3 Å². The standard InChI is InChI=1S/C26H22N4O4/c1-34-15-9-10-19-18(13-15)17-11-12-27-23(22(17)28-19)21-24(31)29-26(33)30(25(21)32)20-8-4-6-14-5-2-3-7-16(14)20/h2-10,13,23,27-28,32H,11-12H2,1H3,(H,29,31,33)/t23-/m1/s1. The summed E-state index contributed by atoms with van der Waals surface area (Å²) in [5.41, 5.74) is 2.03. The van der Waals surface area contributed by atoms with E-state index in [-0.39, 0.29) is 11.4 Å². The van der Waals surface area contributed by atoms with E-state index < -0.39 is 17.3 Å². The third kappa shape index (κ3) is 2.96. The molecule has 0 aliphatic carbocycles. The number of ether oxygens (including phenoxy) is 1. The average molecular weight is 454 g/mol. The first-order valence-electron chi connectivity index (χ1n) is 11.0. The van der Waals surface area contributed by atoms with Gasteiger partial charge in [0, 0.05) is 28.5 Å². The van der Waals surface area contributed by atoms with Crippen molar-refractivity contribution < 1.29 is 9.84 Å². The number of fused-ring (bicyclic) bond motifs is 4. The minimum atomic E-state index is -0.694. The van der Waals surface area contributed by atoms with Crippen LogP contribution in [0, 0.1) is 0 Å². The Morgan fingerprint density at radius 1 is 1.00 bits per heavy atom. The molecule has 170 valence electrons. The van der Waals surface area contributed by atoms with Crippen molar-refractivity contribution in [2.75, 3.05) is 13.7 Å². The lowest BCUT2D eigenvalue weighted by atomic mass is 9.95. The van der Waals surface area contributed by atoms with Crippen molar-refractivity contribution in [2.45, 2.75) is 12.5 Å². The molecular formula is C26H22N4O4.